The number of amides is 2. The number of aliphatic carboxylic acids is 1. The number of alkyl carbamates (subject to hydrolysis) is 1. The van der Waals surface area contributed by atoms with E-state index < -0.39 is 30.1 Å². The normalized spacial score (nSPS) is 16.9. The monoisotopic (exact) mass is 422 g/mol. The van der Waals surface area contributed by atoms with Crippen molar-refractivity contribution in [1.29, 1.82) is 0 Å². The third-order valence-electron chi connectivity index (χ3n) is 6.26. The van der Waals surface area contributed by atoms with Crippen LogP contribution in [0.25, 0.3) is 11.1 Å². The molecular weight excluding hydrogens is 396 g/mol. The Morgan fingerprint density at radius 2 is 1.58 bits per heavy atom. The average Bonchev–Trinajstić information content (AvgIpc) is 3.04. The summed E-state index contributed by atoms with van der Waals surface area (Å²) in [7, 11) is 0. The molecule has 0 spiro atoms. The van der Waals surface area contributed by atoms with Gasteiger partial charge in [-0.1, -0.05) is 55.0 Å². The van der Waals surface area contributed by atoms with Gasteiger partial charge in [0.15, 0.2) is 0 Å². The van der Waals surface area contributed by atoms with E-state index in [0.717, 1.165) is 41.5 Å². The summed E-state index contributed by atoms with van der Waals surface area (Å²) in [4.78, 5) is 36.1. The summed E-state index contributed by atoms with van der Waals surface area (Å²) in [6, 6.07) is 14.2. The van der Waals surface area contributed by atoms with E-state index in [2.05, 4.69) is 22.8 Å². The molecule has 0 aromatic heterocycles. The summed E-state index contributed by atoms with van der Waals surface area (Å²) in [6.45, 7) is 1.66. The van der Waals surface area contributed by atoms with E-state index in [4.69, 9.17) is 4.74 Å². The van der Waals surface area contributed by atoms with E-state index >= 15 is 0 Å². The standard InChI is InChI=1S/C24H26N2O5/c1-14(22(27)26-21(23(28)29)15-7-6-8-15)25-24(30)31-13-20-18-11-4-2-9-16(18)17-10-3-5-12-19(17)20/h2-5,9-12,14-15,20-21H,6-8,13H2,1H3,(H,25,30)(H,26,27)(H,28,29)/t14-,21?/m1/s1. The van der Waals surface area contributed by atoms with E-state index in [1.54, 1.807) is 0 Å². The number of carbonyl (C=O) groups is 3. The Kier molecular flexibility index (Phi) is 5.93. The first-order valence-corrected chi connectivity index (χ1v) is 10.6. The number of carboxylic acids is 1. The van der Waals surface area contributed by atoms with Crippen molar-refractivity contribution >= 4 is 18.0 Å². The molecule has 2 aliphatic rings. The van der Waals surface area contributed by atoms with Gasteiger partial charge in [0.1, 0.15) is 18.7 Å². The summed E-state index contributed by atoms with van der Waals surface area (Å²) in [5, 5.41) is 14.4. The van der Waals surface area contributed by atoms with Gasteiger partial charge < -0.3 is 20.5 Å². The van der Waals surface area contributed by atoms with Crippen LogP contribution in [0, 0.1) is 5.92 Å². The second kappa shape index (κ2) is 8.79. The van der Waals surface area contributed by atoms with Crippen LogP contribution in [0.1, 0.15) is 43.2 Å². The fraction of sp³-hybridized carbons (Fsp3) is 0.375. The van der Waals surface area contributed by atoms with Gasteiger partial charge in [0.25, 0.3) is 0 Å². The molecule has 0 bridgehead atoms. The first-order chi connectivity index (χ1) is 15.0. The molecular formula is C24H26N2O5. The number of carboxylic acid groups (broad SMARTS) is 1. The highest BCUT2D eigenvalue weighted by atomic mass is 16.5. The maximum Gasteiger partial charge on any atom is 0.407 e. The Labute approximate surface area is 180 Å². The highest BCUT2D eigenvalue weighted by Crippen LogP contribution is 2.44. The smallest absolute Gasteiger partial charge is 0.407 e. The zero-order chi connectivity index (χ0) is 22.0. The second-order valence-corrected chi connectivity index (χ2v) is 8.21. The molecule has 1 fully saturated rings. The van der Waals surface area contributed by atoms with Gasteiger partial charge in [-0.15, -0.1) is 0 Å². The van der Waals surface area contributed by atoms with Crippen LogP contribution < -0.4 is 10.6 Å². The number of fused-ring (bicyclic) bond motifs is 3. The van der Waals surface area contributed by atoms with Crippen LogP contribution in [0.4, 0.5) is 4.79 Å². The van der Waals surface area contributed by atoms with Crippen LogP contribution in [-0.4, -0.2) is 41.8 Å². The molecule has 2 aromatic rings. The Bertz CT molecular complexity index is 955. The molecule has 4 rings (SSSR count). The molecule has 1 unspecified atom stereocenters. The largest absolute Gasteiger partial charge is 0.480 e. The molecule has 0 saturated heterocycles. The molecule has 1 saturated carbocycles. The van der Waals surface area contributed by atoms with Crippen LogP contribution in [0.15, 0.2) is 48.5 Å². The minimum atomic E-state index is -1.05. The van der Waals surface area contributed by atoms with E-state index in [1.807, 2.05) is 36.4 Å². The number of carbonyl (C=O) groups excluding carboxylic acids is 2. The van der Waals surface area contributed by atoms with Crippen molar-refractivity contribution in [3.63, 3.8) is 0 Å². The maximum atomic E-state index is 12.4. The van der Waals surface area contributed by atoms with Crippen LogP contribution in [-0.2, 0) is 14.3 Å². The van der Waals surface area contributed by atoms with E-state index in [9.17, 15) is 19.5 Å². The van der Waals surface area contributed by atoms with Crippen molar-refractivity contribution in [1.82, 2.24) is 10.6 Å². The molecule has 2 amide bonds. The van der Waals surface area contributed by atoms with Crippen LogP contribution in [0.5, 0.6) is 0 Å². The maximum absolute atomic E-state index is 12.4. The van der Waals surface area contributed by atoms with Crippen molar-refractivity contribution in [2.24, 2.45) is 5.92 Å². The lowest BCUT2D eigenvalue weighted by molar-refractivity contribution is -0.144. The predicted octanol–water partition coefficient (Wildman–Crippen LogP) is 3.28. The molecule has 0 heterocycles. The quantitative estimate of drug-likeness (QED) is 0.635. The third kappa shape index (κ3) is 4.26. The van der Waals surface area contributed by atoms with Crippen molar-refractivity contribution < 1.29 is 24.2 Å². The minimum Gasteiger partial charge on any atom is -0.480 e. The van der Waals surface area contributed by atoms with Crippen molar-refractivity contribution in [2.45, 2.75) is 44.2 Å². The lowest BCUT2D eigenvalue weighted by atomic mass is 9.79. The first kappa shape index (κ1) is 20.9. The SMILES string of the molecule is C[C@@H](NC(=O)OCC1c2ccccc2-c2ccccc21)C(=O)NC(C(=O)O)C1CCC1. The molecule has 2 atom stereocenters. The Balaban J connectivity index is 1.34. The Morgan fingerprint density at radius 1 is 1.00 bits per heavy atom. The highest BCUT2D eigenvalue weighted by Gasteiger charge is 2.35. The summed E-state index contributed by atoms with van der Waals surface area (Å²) in [5.74, 6) is -1.71. The molecule has 31 heavy (non-hydrogen) atoms. The van der Waals surface area contributed by atoms with Gasteiger partial charge in [0, 0.05) is 5.92 Å². The van der Waals surface area contributed by atoms with Gasteiger partial charge in [-0.2, -0.15) is 0 Å². The molecule has 2 aliphatic carbocycles. The van der Waals surface area contributed by atoms with Gasteiger partial charge in [0.05, 0.1) is 0 Å². The van der Waals surface area contributed by atoms with Gasteiger partial charge in [-0.05, 0) is 47.9 Å². The molecule has 162 valence electrons. The van der Waals surface area contributed by atoms with E-state index in [-0.39, 0.29) is 18.4 Å². The highest BCUT2D eigenvalue weighted by molar-refractivity contribution is 5.89. The molecule has 0 radical (unpaired) electrons. The third-order valence-corrected chi connectivity index (χ3v) is 6.26. The van der Waals surface area contributed by atoms with Crippen LogP contribution in [0.2, 0.25) is 0 Å². The van der Waals surface area contributed by atoms with Gasteiger partial charge in [-0.25, -0.2) is 9.59 Å². The number of hydrogen-bond acceptors (Lipinski definition) is 4. The summed E-state index contributed by atoms with van der Waals surface area (Å²) in [5.41, 5.74) is 4.48. The molecule has 7 nitrogen and oxygen atoms in total. The number of hydrogen-bond donors (Lipinski definition) is 3. The summed E-state index contributed by atoms with van der Waals surface area (Å²) < 4.78 is 5.45. The summed E-state index contributed by atoms with van der Waals surface area (Å²) >= 11 is 0. The lowest BCUT2D eigenvalue weighted by Gasteiger charge is -2.32. The lowest BCUT2D eigenvalue weighted by Crippen LogP contribution is -2.54. The predicted molar refractivity (Wildman–Crippen MR) is 115 cm³/mol. The zero-order valence-corrected chi connectivity index (χ0v) is 17.3. The van der Waals surface area contributed by atoms with E-state index in [1.165, 1.54) is 6.92 Å². The number of rotatable bonds is 7. The van der Waals surface area contributed by atoms with Gasteiger partial charge in [0.2, 0.25) is 5.91 Å². The number of ether oxygens (including phenoxy) is 1. The van der Waals surface area contributed by atoms with Crippen LogP contribution >= 0.6 is 0 Å². The van der Waals surface area contributed by atoms with Crippen molar-refractivity contribution in [3.8, 4) is 11.1 Å². The minimum absolute atomic E-state index is 0.0527. The molecule has 0 aliphatic heterocycles. The van der Waals surface area contributed by atoms with Gasteiger partial charge in [-0.3, -0.25) is 4.79 Å². The number of benzene rings is 2. The fourth-order valence-corrected chi connectivity index (χ4v) is 4.32. The zero-order valence-electron chi connectivity index (χ0n) is 17.3. The molecule has 7 heteroatoms. The topological polar surface area (TPSA) is 105 Å². The summed E-state index contributed by atoms with van der Waals surface area (Å²) in [6.07, 6.45) is 1.83. The Hall–Kier alpha value is -3.35. The van der Waals surface area contributed by atoms with E-state index in [0.29, 0.717) is 0 Å². The van der Waals surface area contributed by atoms with Crippen LogP contribution in [0.3, 0.4) is 0 Å². The Morgan fingerprint density at radius 3 is 2.10 bits per heavy atom. The molecule has 3 N–H and O–H groups in total. The van der Waals surface area contributed by atoms with Crippen molar-refractivity contribution in [3.05, 3.63) is 59.7 Å². The fourth-order valence-electron chi connectivity index (χ4n) is 4.32. The average molecular weight is 422 g/mol. The van der Waals surface area contributed by atoms with Crippen molar-refractivity contribution in [2.75, 3.05) is 6.61 Å². The molecule has 2 aromatic carbocycles. The van der Waals surface area contributed by atoms with Gasteiger partial charge >= 0.3 is 12.1 Å². The second-order valence-electron chi connectivity index (χ2n) is 8.21. The first-order valence-electron chi connectivity index (χ1n) is 10.6. The number of nitrogens with one attached hydrogen (secondary N) is 2.